The first-order chi connectivity index (χ1) is 13.4. The summed E-state index contributed by atoms with van der Waals surface area (Å²) in [5, 5.41) is 3.17. The molecule has 0 aliphatic heterocycles. The van der Waals surface area contributed by atoms with Crippen LogP contribution in [-0.2, 0) is 19.6 Å². The van der Waals surface area contributed by atoms with Crippen LogP contribution >= 0.6 is 11.6 Å². The molecule has 2 aromatic carbocycles. The van der Waals surface area contributed by atoms with Gasteiger partial charge >= 0.3 is 0 Å². The molecule has 0 radical (unpaired) electrons. The SMILES string of the molecule is CCOCCCNC(=O)CN(c1ccc(C)c(Cl)c1)S(=O)(=O)c1ccccc1. The maximum Gasteiger partial charge on any atom is 0.264 e. The minimum absolute atomic E-state index is 0.107. The summed E-state index contributed by atoms with van der Waals surface area (Å²) in [6.45, 7) is 4.95. The molecular formula is C20H25ClN2O4S. The first kappa shape index (κ1) is 22.2. The molecular weight excluding hydrogens is 400 g/mol. The van der Waals surface area contributed by atoms with E-state index in [1.165, 1.54) is 12.1 Å². The molecule has 0 spiro atoms. The number of hydrogen-bond donors (Lipinski definition) is 1. The number of anilines is 1. The monoisotopic (exact) mass is 424 g/mol. The van der Waals surface area contributed by atoms with Gasteiger partial charge in [-0.25, -0.2) is 8.42 Å². The first-order valence-electron chi connectivity index (χ1n) is 9.04. The number of sulfonamides is 1. The lowest BCUT2D eigenvalue weighted by atomic mass is 10.2. The Morgan fingerprint density at radius 2 is 1.89 bits per heavy atom. The fourth-order valence-electron chi connectivity index (χ4n) is 2.50. The Bertz CT molecular complexity index is 888. The predicted octanol–water partition coefficient (Wildman–Crippen LogP) is 3.39. The van der Waals surface area contributed by atoms with E-state index in [-0.39, 0.29) is 11.4 Å². The Kier molecular flexibility index (Phi) is 8.29. The number of ether oxygens (including phenoxy) is 1. The third-order valence-electron chi connectivity index (χ3n) is 4.05. The van der Waals surface area contributed by atoms with E-state index >= 15 is 0 Å². The number of rotatable bonds is 10. The Labute approximate surface area is 171 Å². The van der Waals surface area contributed by atoms with Gasteiger partial charge in [0.05, 0.1) is 10.6 Å². The molecule has 2 rings (SSSR count). The van der Waals surface area contributed by atoms with Crippen LogP contribution in [-0.4, -0.2) is 40.6 Å². The zero-order chi connectivity index (χ0) is 20.6. The molecule has 6 nitrogen and oxygen atoms in total. The molecule has 0 aromatic heterocycles. The number of aryl methyl sites for hydroxylation is 1. The number of amides is 1. The number of halogens is 1. The van der Waals surface area contributed by atoms with E-state index in [2.05, 4.69) is 5.32 Å². The molecule has 0 fully saturated rings. The standard InChI is InChI=1S/C20H25ClN2O4S/c1-3-27-13-7-12-22-20(24)15-23(17-11-10-16(2)19(21)14-17)28(25,26)18-8-5-4-6-9-18/h4-6,8-11,14H,3,7,12-13,15H2,1-2H3,(H,22,24). The van der Waals surface area contributed by atoms with Crippen molar-refractivity contribution in [2.24, 2.45) is 0 Å². The fraction of sp³-hybridized carbons (Fsp3) is 0.350. The van der Waals surface area contributed by atoms with Gasteiger partial charge in [0.25, 0.3) is 10.0 Å². The molecule has 0 aliphatic rings. The zero-order valence-corrected chi connectivity index (χ0v) is 17.6. The highest BCUT2D eigenvalue weighted by Crippen LogP contribution is 2.27. The predicted molar refractivity (Wildman–Crippen MR) is 111 cm³/mol. The van der Waals surface area contributed by atoms with Gasteiger partial charge in [-0.05, 0) is 50.1 Å². The van der Waals surface area contributed by atoms with Crippen LogP contribution in [0.15, 0.2) is 53.4 Å². The summed E-state index contributed by atoms with van der Waals surface area (Å²) in [5.41, 5.74) is 1.16. The maximum atomic E-state index is 13.2. The smallest absolute Gasteiger partial charge is 0.264 e. The van der Waals surface area contributed by atoms with E-state index in [0.29, 0.717) is 36.9 Å². The molecule has 0 heterocycles. The number of carbonyl (C=O) groups is 1. The zero-order valence-electron chi connectivity index (χ0n) is 16.0. The van der Waals surface area contributed by atoms with Crippen molar-refractivity contribution in [3.8, 4) is 0 Å². The fourth-order valence-corrected chi connectivity index (χ4v) is 4.11. The highest BCUT2D eigenvalue weighted by Gasteiger charge is 2.27. The van der Waals surface area contributed by atoms with E-state index in [1.807, 2.05) is 13.8 Å². The average molecular weight is 425 g/mol. The Morgan fingerprint density at radius 1 is 1.18 bits per heavy atom. The molecule has 28 heavy (non-hydrogen) atoms. The van der Waals surface area contributed by atoms with Crippen LogP contribution in [0.5, 0.6) is 0 Å². The van der Waals surface area contributed by atoms with E-state index in [0.717, 1.165) is 9.87 Å². The van der Waals surface area contributed by atoms with Gasteiger partial charge in [0.15, 0.2) is 0 Å². The Morgan fingerprint density at radius 3 is 2.54 bits per heavy atom. The van der Waals surface area contributed by atoms with Crippen molar-refractivity contribution >= 4 is 33.2 Å². The molecule has 8 heteroatoms. The molecule has 0 saturated carbocycles. The largest absolute Gasteiger partial charge is 0.382 e. The molecule has 0 unspecified atom stereocenters. The van der Waals surface area contributed by atoms with Crippen LogP contribution < -0.4 is 9.62 Å². The number of benzene rings is 2. The number of nitrogens with one attached hydrogen (secondary N) is 1. The second kappa shape index (κ2) is 10.5. The maximum absolute atomic E-state index is 13.2. The lowest BCUT2D eigenvalue weighted by Crippen LogP contribution is -2.41. The third-order valence-corrected chi connectivity index (χ3v) is 6.25. The molecule has 1 amide bonds. The number of hydrogen-bond acceptors (Lipinski definition) is 4. The van der Waals surface area contributed by atoms with Gasteiger partial charge in [-0.2, -0.15) is 0 Å². The topological polar surface area (TPSA) is 75.7 Å². The van der Waals surface area contributed by atoms with E-state index < -0.39 is 15.9 Å². The van der Waals surface area contributed by atoms with Crippen LogP contribution in [0, 0.1) is 6.92 Å². The van der Waals surface area contributed by atoms with Crippen LogP contribution in [0.1, 0.15) is 18.9 Å². The van der Waals surface area contributed by atoms with Crippen LogP contribution in [0.25, 0.3) is 0 Å². The van der Waals surface area contributed by atoms with Gasteiger partial charge in [0.2, 0.25) is 5.91 Å². The summed E-state index contributed by atoms with van der Waals surface area (Å²) in [6, 6.07) is 12.9. The van der Waals surface area contributed by atoms with Crippen molar-refractivity contribution in [3.63, 3.8) is 0 Å². The van der Waals surface area contributed by atoms with Crippen LogP contribution in [0.4, 0.5) is 5.69 Å². The van der Waals surface area contributed by atoms with Gasteiger partial charge in [-0.1, -0.05) is 35.9 Å². The summed E-state index contributed by atoms with van der Waals surface area (Å²) < 4.78 is 32.6. The third kappa shape index (κ3) is 5.95. The van der Waals surface area contributed by atoms with Gasteiger partial charge < -0.3 is 10.1 Å². The van der Waals surface area contributed by atoms with E-state index in [4.69, 9.17) is 16.3 Å². The minimum Gasteiger partial charge on any atom is -0.382 e. The van der Waals surface area contributed by atoms with Crippen molar-refractivity contribution in [1.29, 1.82) is 0 Å². The molecule has 1 N–H and O–H groups in total. The van der Waals surface area contributed by atoms with Crippen LogP contribution in [0.3, 0.4) is 0 Å². The van der Waals surface area contributed by atoms with E-state index in [1.54, 1.807) is 36.4 Å². The Balaban J connectivity index is 2.24. The van der Waals surface area contributed by atoms with Gasteiger partial charge in [0, 0.05) is 24.8 Å². The second-order valence-corrected chi connectivity index (χ2v) is 8.43. The van der Waals surface area contributed by atoms with Crippen molar-refractivity contribution in [2.75, 3.05) is 30.6 Å². The summed E-state index contributed by atoms with van der Waals surface area (Å²) in [4.78, 5) is 12.5. The summed E-state index contributed by atoms with van der Waals surface area (Å²) in [6.07, 6.45) is 0.654. The summed E-state index contributed by atoms with van der Waals surface area (Å²) >= 11 is 6.19. The lowest BCUT2D eigenvalue weighted by Gasteiger charge is -2.24. The lowest BCUT2D eigenvalue weighted by molar-refractivity contribution is -0.119. The number of nitrogens with zero attached hydrogens (tertiary/aromatic N) is 1. The van der Waals surface area contributed by atoms with E-state index in [9.17, 15) is 13.2 Å². The van der Waals surface area contributed by atoms with Gasteiger partial charge in [0.1, 0.15) is 6.54 Å². The average Bonchev–Trinajstić information content (AvgIpc) is 2.69. The highest BCUT2D eigenvalue weighted by atomic mass is 35.5. The molecule has 0 atom stereocenters. The van der Waals surface area contributed by atoms with Crippen molar-refractivity contribution in [1.82, 2.24) is 5.32 Å². The molecule has 0 bridgehead atoms. The second-order valence-electron chi connectivity index (χ2n) is 6.16. The summed E-state index contributed by atoms with van der Waals surface area (Å²) in [5.74, 6) is -0.396. The molecule has 0 saturated heterocycles. The first-order valence-corrected chi connectivity index (χ1v) is 10.9. The minimum atomic E-state index is -3.93. The number of carbonyl (C=O) groups excluding carboxylic acids is 1. The van der Waals surface area contributed by atoms with Gasteiger partial charge in [-0.15, -0.1) is 0 Å². The van der Waals surface area contributed by atoms with Crippen LogP contribution in [0.2, 0.25) is 5.02 Å². The van der Waals surface area contributed by atoms with Crippen molar-refractivity contribution in [2.45, 2.75) is 25.2 Å². The molecule has 2 aromatic rings. The Hall–Kier alpha value is -2.09. The normalized spacial score (nSPS) is 11.2. The molecule has 0 aliphatic carbocycles. The van der Waals surface area contributed by atoms with Crippen molar-refractivity contribution < 1.29 is 17.9 Å². The highest BCUT2D eigenvalue weighted by molar-refractivity contribution is 7.92. The molecule has 152 valence electrons. The summed E-state index contributed by atoms with van der Waals surface area (Å²) in [7, 11) is -3.93. The van der Waals surface area contributed by atoms with Crippen molar-refractivity contribution in [3.05, 3.63) is 59.1 Å². The quantitative estimate of drug-likeness (QED) is 0.593. The van der Waals surface area contributed by atoms with Gasteiger partial charge in [-0.3, -0.25) is 9.10 Å².